The molecule has 1 nitrogen and oxygen atoms in total. The molecule has 0 amide bonds. The van der Waals surface area contributed by atoms with E-state index < -0.39 is 11.6 Å². The van der Waals surface area contributed by atoms with E-state index in [-0.39, 0.29) is 6.04 Å². The molecule has 0 spiro atoms. The standard InChI is InChI=1S/C17H17F2N/c1-11(16-8-6-14(18)10-17(16)19)20-15-7-5-12-3-2-4-13(12)9-15/h5-11,20H,2-4H2,1H3. The van der Waals surface area contributed by atoms with Crippen LogP contribution in [0.25, 0.3) is 0 Å². The summed E-state index contributed by atoms with van der Waals surface area (Å²) in [5.41, 5.74) is 4.26. The highest BCUT2D eigenvalue weighted by Gasteiger charge is 2.14. The molecule has 1 aliphatic carbocycles. The minimum atomic E-state index is -0.545. The van der Waals surface area contributed by atoms with Gasteiger partial charge in [0.2, 0.25) is 0 Å². The van der Waals surface area contributed by atoms with Crippen LogP contribution in [0.4, 0.5) is 14.5 Å². The molecule has 0 heterocycles. The zero-order valence-corrected chi connectivity index (χ0v) is 11.4. The molecule has 1 N–H and O–H groups in total. The normalized spacial score (nSPS) is 14.9. The average molecular weight is 273 g/mol. The van der Waals surface area contributed by atoms with Crippen molar-refractivity contribution in [1.29, 1.82) is 0 Å². The van der Waals surface area contributed by atoms with E-state index in [1.165, 1.54) is 29.7 Å². The number of nitrogens with one attached hydrogen (secondary N) is 1. The SMILES string of the molecule is CC(Nc1ccc2c(c1)CCC2)c1ccc(F)cc1F. The summed E-state index contributed by atoms with van der Waals surface area (Å²) in [6.45, 7) is 1.88. The van der Waals surface area contributed by atoms with Crippen molar-refractivity contribution >= 4 is 5.69 Å². The van der Waals surface area contributed by atoms with Crippen LogP contribution in [-0.4, -0.2) is 0 Å². The lowest BCUT2D eigenvalue weighted by atomic mass is 10.1. The zero-order chi connectivity index (χ0) is 14.1. The summed E-state index contributed by atoms with van der Waals surface area (Å²) in [6.07, 6.45) is 3.48. The van der Waals surface area contributed by atoms with E-state index in [0.29, 0.717) is 5.56 Å². The van der Waals surface area contributed by atoms with Crippen molar-refractivity contribution in [2.24, 2.45) is 0 Å². The third-order valence-corrected chi connectivity index (χ3v) is 3.91. The Balaban J connectivity index is 1.80. The number of benzene rings is 2. The topological polar surface area (TPSA) is 12.0 Å². The van der Waals surface area contributed by atoms with Gasteiger partial charge in [0.25, 0.3) is 0 Å². The number of anilines is 1. The second-order valence-electron chi connectivity index (χ2n) is 5.37. The Bertz CT molecular complexity index is 637. The molecule has 1 atom stereocenters. The van der Waals surface area contributed by atoms with E-state index >= 15 is 0 Å². The van der Waals surface area contributed by atoms with Crippen LogP contribution in [0.2, 0.25) is 0 Å². The van der Waals surface area contributed by atoms with Crippen molar-refractivity contribution in [3.05, 3.63) is 64.7 Å². The molecule has 20 heavy (non-hydrogen) atoms. The Kier molecular flexibility index (Phi) is 3.43. The van der Waals surface area contributed by atoms with Crippen LogP contribution in [0.5, 0.6) is 0 Å². The number of hydrogen-bond acceptors (Lipinski definition) is 1. The molecule has 0 aromatic heterocycles. The Hall–Kier alpha value is -1.90. The van der Waals surface area contributed by atoms with Gasteiger partial charge in [0.15, 0.2) is 0 Å². The molecule has 0 bridgehead atoms. The first-order valence-electron chi connectivity index (χ1n) is 6.97. The molecule has 0 saturated carbocycles. The van der Waals surface area contributed by atoms with E-state index in [2.05, 4.69) is 17.4 Å². The smallest absolute Gasteiger partial charge is 0.131 e. The summed E-state index contributed by atoms with van der Waals surface area (Å²) in [5.74, 6) is -1.05. The van der Waals surface area contributed by atoms with Gasteiger partial charge in [0, 0.05) is 17.3 Å². The molecule has 104 valence electrons. The first-order valence-corrected chi connectivity index (χ1v) is 6.97. The summed E-state index contributed by atoms with van der Waals surface area (Å²) in [5, 5.41) is 3.29. The maximum Gasteiger partial charge on any atom is 0.131 e. The molecule has 2 aromatic carbocycles. The highest BCUT2D eigenvalue weighted by atomic mass is 19.1. The van der Waals surface area contributed by atoms with E-state index in [9.17, 15) is 8.78 Å². The summed E-state index contributed by atoms with van der Waals surface area (Å²) >= 11 is 0. The van der Waals surface area contributed by atoms with Crippen LogP contribution < -0.4 is 5.32 Å². The number of fused-ring (bicyclic) bond motifs is 1. The number of aryl methyl sites for hydroxylation is 2. The third kappa shape index (κ3) is 2.53. The molecule has 1 aliphatic rings. The largest absolute Gasteiger partial charge is 0.378 e. The molecule has 0 radical (unpaired) electrons. The van der Waals surface area contributed by atoms with Crippen LogP contribution in [0.3, 0.4) is 0 Å². The van der Waals surface area contributed by atoms with E-state index in [1.54, 1.807) is 0 Å². The van der Waals surface area contributed by atoms with Crippen molar-refractivity contribution in [2.75, 3.05) is 5.32 Å². The number of halogens is 2. The first-order chi connectivity index (χ1) is 9.63. The molecule has 2 aromatic rings. The van der Waals surface area contributed by atoms with Gasteiger partial charge in [-0.15, -0.1) is 0 Å². The van der Waals surface area contributed by atoms with Crippen molar-refractivity contribution < 1.29 is 8.78 Å². The quantitative estimate of drug-likeness (QED) is 0.860. The zero-order valence-electron chi connectivity index (χ0n) is 11.4. The lowest BCUT2D eigenvalue weighted by Gasteiger charge is -2.17. The van der Waals surface area contributed by atoms with Gasteiger partial charge in [-0.05, 0) is 55.5 Å². The molecule has 3 heteroatoms. The summed E-state index contributed by atoms with van der Waals surface area (Å²) in [4.78, 5) is 0. The van der Waals surface area contributed by atoms with Crippen molar-refractivity contribution in [3.8, 4) is 0 Å². The molecule has 0 saturated heterocycles. The van der Waals surface area contributed by atoms with Crippen molar-refractivity contribution in [1.82, 2.24) is 0 Å². The van der Waals surface area contributed by atoms with Gasteiger partial charge in [0.05, 0.1) is 6.04 Å². The van der Waals surface area contributed by atoms with Gasteiger partial charge in [0.1, 0.15) is 11.6 Å². The second-order valence-corrected chi connectivity index (χ2v) is 5.37. The van der Waals surface area contributed by atoms with Crippen LogP contribution >= 0.6 is 0 Å². The van der Waals surface area contributed by atoms with E-state index in [1.807, 2.05) is 13.0 Å². The monoisotopic (exact) mass is 273 g/mol. The van der Waals surface area contributed by atoms with Crippen LogP contribution in [0, 0.1) is 11.6 Å². The molecular formula is C17H17F2N. The van der Waals surface area contributed by atoms with Gasteiger partial charge in [-0.3, -0.25) is 0 Å². The summed E-state index contributed by atoms with van der Waals surface area (Å²) in [6, 6.07) is 9.82. The summed E-state index contributed by atoms with van der Waals surface area (Å²) < 4.78 is 26.7. The highest BCUT2D eigenvalue weighted by Crippen LogP contribution is 2.27. The molecular weight excluding hydrogens is 256 g/mol. The Labute approximate surface area is 117 Å². The predicted octanol–water partition coefficient (Wildman–Crippen LogP) is 4.63. The third-order valence-electron chi connectivity index (χ3n) is 3.91. The average Bonchev–Trinajstić information content (AvgIpc) is 2.85. The Morgan fingerprint density at radius 2 is 1.80 bits per heavy atom. The van der Waals surface area contributed by atoms with Gasteiger partial charge >= 0.3 is 0 Å². The lowest BCUT2D eigenvalue weighted by Crippen LogP contribution is -2.09. The second kappa shape index (κ2) is 5.23. The van der Waals surface area contributed by atoms with Crippen LogP contribution in [-0.2, 0) is 12.8 Å². The van der Waals surface area contributed by atoms with Crippen molar-refractivity contribution in [2.45, 2.75) is 32.2 Å². The van der Waals surface area contributed by atoms with Gasteiger partial charge in [-0.1, -0.05) is 12.1 Å². The fourth-order valence-corrected chi connectivity index (χ4v) is 2.84. The Morgan fingerprint density at radius 3 is 2.60 bits per heavy atom. The van der Waals surface area contributed by atoms with Gasteiger partial charge < -0.3 is 5.32 Å². The maximum absolute atomic E-state index is 13.7. The highest BCUT2D eigenvalue weighted by molar-refractivity contribution is 5.51. The van der Waals surface area contributed by atoms with Gasteiger partial charge in [-0.25, -0.2) is 8.78 Å². The number of rotatable bonds is 3. The van der Waals surface area contributed by atoms with Crippen molar-refractivity contribution in [3.63, 3.8) is 0 Å². The minimum Gasteiger partial charge on any atom is -0.378 e. The van der Waals surface area contributed by atoms with Crippen LogP contribution in [0.1, 0.15) is 36.1 Å². The molecule has 0 fully saturated rings. The minimum absolute atomic E-state index is 0.199. The lowest BCUT2D eigenvalue weighted by molar-refractivity contribution is 0.566. The first kappa shape index (κ1) is 13.1. The van der Waals surface area contributed by atoms with Gasteiger partial charge in [-0.2, -0.15) is 0 Å². The predicted molar refractivity (Wildman–Crippen MR) is 76.9 cm³/mol. The number of hydrogen-bond donors (Lipinski definition) is 1. The molecule has 3 rings (SSSR count). The Morgan fingerprint density at radius 1 is 1.00 bits per heavy atom. The van der Waals surface area contributed by atoms with Crippen LogP contribution in [0.15, 0.2) is 36.4 Å². The molecule has 0 aliphatic heterocycles. The van der Waals surface area contributed by atoms with E-state index in [4.69, 9.17) is 0 Å². The fraction of sp³-hybridized carbons (Fsp3) is 0.294. The summed E-state index contributed by atoms with van der Waals surface area (Å²) in [7, 11) is 0. The maximum atomic E-state index is 13.7. The van der Waals surface area contributed by atoms with E-state index in [0.717, 1.165) is 24.6 Å². The fourth-order valence-electron chi connectivity index (χ4n) is 2.84. The molecule has 1 unspecified atom stereocenters.